The molecule has 9 nitrogen and oxygen atoms in total. The lowest BCUT2D eigenvalue weighted by Gasteiger charge is -2.39. The monoisotopic (exact) mass is 579 g/mol. The minimum Gasteiger partial charge on any atom is -0.496 e. The molecule has 0 radical (unpaired) electrons. The molecule has 0 saturated heterocycles. The number of nitrogens with one attached hydrogen (secondary N) is 1. The van der Waals surface area contributed by atoms with E-state index in [4.69, 9.17) is 37.7 Å². The van der Waals surface area contributed by atoms with Gasteiger partial charge < -0.3 is 29.4 Å². The van der Waals surface area contributed by atoms with Crippen molar-refractivity contribution in [2.24, 2.45) is 0 Å². The Labute approximate surface area is 241 Å². The van der Waals surface area contributed by atoms with Gasteiger partial charge in [0.2, 0.25) is 5.88 Å². The van der Waals surface area contributed by atoms with Crippen LogP contribution in [0.25, 0.3) is 11.4 Å². The normalized spacial score (nSPS) is 19.3. The van der Waals surface area contributed by atoms with E-state index in [1.807, 2.05) is 37.5 Å². The van der Waals surface area contributed by atoms with Crippen molar-refractivity contribution >= 4 is 40.5 Å². The molecule has 2 N–H and O–H groups in total. The molecule has 2 aliphatic rings. The molecule has 4 aromatic rings. The van der Waals surface area contributed by atoms with Crippen molar-refractivity contribution in [1.82, 2.24) is 14.5 Å². The highest BCUT2D eigenvalue weighted by molar-refractivity contribution is 6.31. The van der Waals surface area contributed by atoms with Crippen LogP contribution in [0.1, 0.15) is 48.6 Å². The number of imidazole rings is 1. The zero-order valence-corrected chi connectivity index (χ0v) is 24.0. The van der Waals surface area contributed by atoms with E-state index in [0.29, 0.717) is 61.4 Å². The minimum atomic E-state index is -1.48. The number of hydrogen-bond donors (Lipinski definition) is 2. The largest absolute Gasteiger partial charge is 0.496 e. The van der Waals surface area contributed by atoms with E-state index in [2.05, 4.69) is 10.3 Å². The number of aryl methyl sites for hydroxylation is 1. The van der Waals surface area contributed by atoms with E-state index >= 15 is 0 Å². The van der Waals surface area contributed by atoms with Gasteiger partial charge in [0, 0.05) is 45.3 Å². The molecule has 206 valence electrons. The smallest absolute Gasteiger partial charge is 0.261 e. The number of amides is 1. The highest BCUT2D eigenvalue weighted by Crippen LogP contribution is 2.58. The maximum Gasteiger partial charge on any atom is 0.261 e. The summed E-state index contributed by atoms with van der Waals surface area (Å²) in [6.07, 6.45) is 0.338. The van der Waals surface area contributed by atoms with Crippen LogP contribution in [0.2, 0.25) is 10.0 Å². The van der Waals surface area contributed by atoms with E-state index in [1.54, 1.807) is 48.5 Å². The topological polar surface area (TPSA) is 102 Å². The van der Waals surface area contributed by atoms with E-state index in [0.717, 1.165) is 5.56 Å². The fraction of sp³-hybridized carbons (Fsp3) is 0.276. The summed E-state index contributed by atoms with van der Waals surface area (Å²) in [5, 5.41) is 16.0. The number of carbonyl (C=O) groups excluding carboxylic acids is 1. The van der Waals surface area contributed by atoms with Crippen LogP contribution in [0.3, 0.4) is 0 Å². The molecule has 0 bridgehead atoms. The first kappa shape index (κ1) is 26.4. The molecule has 2 aromatic heterocycles. The molecular formula is C29H27Cl2N5O4. The number of aliphatic hydroxyl groups excluding tert-OH is 1. The van der Waals surface area contributed by atoms with Crippen molar-refractivity contribution in [2.45, 2.75) is 38.6 Å². The molecule has 2 atom stereocenters. The highest BCUT2D eigenvalue weighted by atomic mass is 35.5. The maximum atomic E-state index is 14.3. The number of aromatic nitrogens is 3. The van der Waals surface area contributed by atoms with Gasteiger partial charge in [0.25, 0.3) is 5.91 Å². The van der Waals surface area contributed by atoms with Crippen LogP contribution in [-0.4, -0.2) is 39.8 Å². The van der Waals surface area contributed by atoms with Crippen molar-refractivity contribution in [2.75, 3.05) is 24.4 Å². The second-order valence-electron chi connectivity index (χ2n) is 10.1. The molecule has 0 fully saturated rings. The number of aliphatic hydroxyl groups is 1. The first-order valence-electron chi connectivity index (χ1n) is 12.7. The van der Waals surface area contributed by atoms with Crippen molar-refractivity contribution < 1.29 is 19.4 Å². The molecule has 2 aromatic carbocycles. The molecule has 4 heterocycles. The summed E-state index contributed by atoms with van der Waals surface area (Å²) in [4.78, 5) is 25.4. The summed E-state index contributed by atoms with van der Waals surface area (Å²) in [5.41, 5.74) is 2.65. The molecule has 2 aliphatic heterocycles. The van der Waals surface area contributed by atoms with Gasteiger partial charge in [-0.3, -0.25) is 4.79 Å². The zero-order chi connectivity index (χ0) is 28.5. The molecule has 0 aliphatic carbocycles. The molecule has 1 spiro atoms. The van der Waals surface area contributed by atoms with Gasteiger partial charge in [0.15, 0.2) is 11.8 Å². The molecular weight excluding hydrogens is 553 g/mol. The van der Waals surface area contributed by atoms with Gasteiger partial charge in [0.05, 0.1) is 25.5 Å². The number of pyridine rings is 1. The average Bonchev–Trinajstić information content (AvgIpc) is 3.53. The molecule has 11 heteroatoms. The van der Waals surface area contributed by atoms with Crippen molar-refractivity contribution in [1.29, 1.82) is 0 Å². The van der Waals surface area contributed by atoms with Crippen LogP contribution < -0.4 is 19.7 Å². The van der Waals surface area contributed by atoms with Crippen LogP contribution in [0, 0.1) is 6.92 Å². The summed E-state index contributed by atoms with van der Waals surface area (Å²) < 4.78 is 12.9. The van der Waals surface area contributed by atoms with Crippen LogP contribution in [0.4, 0.5) is 11.4 Å². The number of nitrogens with zero attached hydrogens (tertiary/aromatic N) is 4. The van der Waals surface area contributed by atoms with Crippen molar-refractivity contribution in [3.63, 3.8) is 0 Å². The Hall–Kier alpha value is -3.79. The van der Waals surface area contributed by atoms with Crippen molar-refractivity contribution in [3.8, 4) is 23.0 Å². The first-order valence-corrected chi connectivity index (χ1v) is 13.4. The Bertz CT molecular complexity index is 1690. The van der Waals surface area contributed by atoms with Crippen LogP contribution in [0.5, 0.6) is 11.6 Å². The number of halogens is 2. The summed E-state index contributed by atoms with van der Waals surface area (Å²) in [5.74, 6) is 1.04. The van der Waals surface area contributed by atoms with E-state index in [1.165, 1.54) is 7.11 Å². The van der Waals surface area contributed by atoms with Gasteiger partial charge in [-0.2, -0.15) is 0 Å². The lowest BCUT2D eigenvalue weighted by molar-refractivity contribution is -0.120. The SMILES string of the molecule is COc1cc(OC)c(-c2nc3c(n2C(C)C)C2(C(=O)Nc4cc(Cl)ccc42)N(c2cc(Cl)ccc2C)C3O)cn1. The van der Waals surface area contributed by atoms with Crippen LogP contribution in [-0.2, 0) is 10.3 Å². The molecule has 2 unspecified atom stereocenters. The summed E-state index contributed by atoms with van der Waals surface area (Å²) in [7, 11) is 3.08. The quantitative estimate of drug-likeness (QED) is 0.305. The standard InChI is InChI=1S/C29H27Cl2N5O4/c1-14(2)35-25-24(34-26(35)18-13-32-23(40-5)12-22(18)39-4)27(37)36(21-11-17(31)7-6-15(21)3)29(25)19-9-8-16(30)10-20(19)33-28(29)38/h6-14,27,37H,1-5H3,(H,33,38). The average molecular weight is 580 g/mol. The third-order valence-corrected chi connectivity index (χ3v) is 8.01. The van der Waals surface area contributed by atoms with Crippen LogP contribution in [0.15, 0.2) is 48.7 Å². The van der Waals surface area contributed by atoms with Gasteiger partial charge in [-0.25, -0.2) is 9.97 Å². The fourth-order valence-electron chi connectivity index (χ4n) is 5.87. The maximum absolute atomic E-state index is 14.3. The van der Waals surface area contributed by atoms with Gasteiger partial charge >= 0.3 is 0 Å². The summed E-state index contributed by atoms with van der Waals surface area (Å²) in [6, 6.07) is 12.2. The Morgan fingerprint density at radius 2 is 1.80 bits per heavy atom. The highest BCUT2D eigenvalue weighted by Gasteiger charge is 2.64. The van der Waals surface area contributed by atoms with Crippen LogP contribution >= 0.6 is 23.2 Å². The predicted molar refractivity (Wildman–Crippen MR) is 153 cm³/mol. The second kappa shape index (κ2) is 9.40. The Balaban J connectivity index is 1.72. The number of methoxy groups -OCH3 is 2. The minimum absolute atomic E-state index is 0.174. The third kappa shape index (κ3) is 3.54. The van der Waals surface area contributed by atoms with Gasteiger partial charge in [0.1, 0.15) is 17.3 Å². The molecule has 0 saturated carbocycles. The Morgan fingerprint density at radius 3 is 2.50 bits per heavy atom. The number of hydrogen-bond acceptors (Lipinski definition) is 7. The first-order chi connectivity index (χ1) is 19.1. The number of benzene rings is 2. The zero-order valence-electron chi connectivity index (χ0n) is 22.5. The summed E-state index contributed by atoms with van der Waals surface area (Å²) >= 11 is 12.8. The fourth-order valence-corrected chi connectivity index (χ4v) is 6.21. The number of carbonyl (C=O) groups is 1. The Kier molecular flexibility index (Phi) is 6.21. The number of anilines is 2. The molecule has 6 rings (SSSR count). The van der Waals surface area contributed by atoms with Gasteiger partial charge in [-0.15, -0.1) is 0 Å². The lowest BCUT2D eigenvalue weighted by atomic mass is 9.86. The molecule has 40 heavy (non-hydrogen) atoms. The van der Waals surface area contributed by atoms with Gasteiger partial charge in [-0.05, 0) is 50.6 Å². The molecule has 1 amide bonds. The number of rotatable bonds is 5. The predicted octanol–water partition coefficient (Wildman–Crippen LogP) is 5.87. The van der Waals surface area contributed by atoms with Gasteiger partial charge in [-0.1, -0.05) is 35.3 Å². The second-order valence-corrected chi connectivity index (χ2v) is 11.0. The number of fused-ring (bicyclic) bond motifs is 4. The lowest BCUT2D eigenvalue weighted by Crippen LogP contribution is -2.50. The van der Waals surface area contributed by atoms with E-state index in [-0.39, 0.29) is 11.9 Å². The number of ether oxygens (including phenoxy) is 2. The van der Waals surface area contributed by atoms with Crippen molar-refractivity contribution in [3.05, 3.63) is 81.2 Å². The van der Waals surface area contributed by atoms with E-state index < -0.39 is 11.8 Å². The third-order valence-electron chi connectivity index (χ3n) is 7.54. The van der Waals surface area contributed by atoms with E-state index in [9.17, 15) is 9.90 Å². The Morgan fingerprint density at radius 1 is 1.07 bits per heavy atom. The summed E-state index contributed by atoms with van der Waals surface area (Å²) in [6.45, 7) is 5.91.